The van der Waals surface area contributed by atoms with Crippen molar-refractivity contribution in [3.05, 3.63) is 0 Å². The number of nitrogens with zero attached hydrogens (tertiary/aromatic N) is 1. The first kappa shape index (κ1) is 11.0. The average molecular weight is 186 g/mol. The molecule has 0 bridgehead atoms. The molecule has 0 amide bonds. The van der Waals surface area contributed by atoms with Gasteiger partial charge in [-0.2, -0.15) is 0 Å². The molecular weight excluding hydrogens is 164 g/mol. The minimum Gasteiger partial charge on any atom is -0.380 e. The second-order valence-corrected chi connectivity index (χ2v) is 4.17. The number of hydrogen-bond donors (Lipinski definition) is 1. The minimum absolute atomic E-state index is 0.330. The van der Waals surface area contributed by atoms with Crippen molar-refractivity contribution >= 4 is 0 Å². The van der Waals surface area contributed by atoms with Crippen LogP contribution in [0.2, 0.25) is 0 Å². The van der Waals surface area contributed by atoms with Gasteiger partial charge in [-0.25, -0.2) is 0 Å². The molecule has 3 heteroatoms. The third kappa shape index (κ3) is 3.25. The summed E-state index contributed by atoms with van der Waals surface area (Å²) in [6.45, 7) is 6.52. The van der Waals surface area contributed by atoms with E-state index in [-0.39, 0.29) is 0 Å². The van der Waals surface area contributed by atoms with Crippen molar-refractivity contribution in [3.63, 3.8) is 0 Å². The zero-order valence-electron chi connectivity index (χ0n) is 8.99. The van der Waals surface area contributed by atoms with E-state index in [9.17, 15) is 0 Å². The highest BCUT2D eigenvalue weighted by atomic mass is 16.5. The zero-order valence-corrected chi connectivity index (χ0v) is 8.99. The highest BCUT2D eigenvalue weighted by Crippen LogP contribution is 2.16. The molecule has 0 radical (unpaired) electrons. The second-order valence-electron chi connectivity index (χ2n) is 4.17. The number of nitrogens with two attached hydrogens (primary N) is 1. The summed E-state index contributed by atoms with van der Waals surface area (Å²) >= 11 is 0. The lowest BCUT2D eigenvalue weighted by molar-refractivity contribution is 0.0474. The number of likely N-dealkylation sites (tertiary alicyclic amines) is 1. The Morgan fingerprint density at radius 1 is 1.62 bits per heavy atom. The molecular formula is C10H22N2O. The summed E-state index contributed by atoms with van der Waals surface area (Å²) in [7, 11) is 1.77. The van der Waals surface area contributed by atoms with Gasteiger partial charge >= 0.3 is 0 Å². The van der Waals surface area contributed by atoms with Crippen molar-refractivity contribution in [1.82, 2.24) is 4.90 Å². The summed E-state index contributed by atoms with van der Waals surface area (Å²) < 4.78 is 5.26. The summed E-state index contributed by atoms with van der Waals surface area (Å²) in [5, 5.41) is 0. The Kier molecular flexibility index (Phi) is 4.16. The van der Waals surface area contributed by atoms with Gasteiger partial charge in [0.05, 0.1) is 6.10 Å². The number of piperidine rings is 1. The molecule has 1 aliphatic rings. The van der Waals surface area contributed by atoms with E-state index < -0.39 is 0 Å². The summed E-state index contributed by atoms with van der Waals surface area (Å²) in [5.74, 6) is 0. The largest absolute Gasteiger partial charge is 0.380 e. The molecule has 2 N–H and O–H groups in total. The van der Waals surface area contributed by atoms with Crippen molar-refractivity contribution in [2.24, 2.45) is 5.73 Å². The predicted molar refractivity (Wildman–Crippen MR) is 54.7 cm³/mol. The number of rotatable bonds is 3. The number of methoxy groups -OCH3 is 1. The predicted octanol–water partition coefficient (Wildman–Crippen LogP) is 0.833. The molecule has 1 heterocycles. The van der Waals surface area contributed by atoms with Crippen LogP contribution in [0.1, 0.15) is 26.7 Å². The monoisotopic (exact) mass is 186 g/mol. The van der Waals surface area contributed by atoms with Gasteiger partial charge in [-0.05, 0) is 33.2 Å². The Balaban J connectivity index is 2.33. The first-order valence-electron chi connectivity index (χ1n) is 5.16. The van der Waals surface area contributed by atoms with Crippen molar-refractivity contribution < 1.29 is 4.74 Å². The molecule has 0 saturated carbocycles. The lowest BCUT2D eigenvalue weighted by Crippen LogP contribution is -2.47. The Morgan fingerprint density at radius 3 is 2.85 bits per heavy atom. The van der Waals surface area contributed by atoms with Gasteiger partial charge in [0.15, 0.2) is 0 Å². The third-order valence-corrected chi connectivity index (χ3v) is 2.95. The van der Waals surface area contributed by atoms with Gasteiger partial charge in [0, 0.05) is 25.7 Å². The van der Waals surface area contributed by atoms with E-state index >= 15 is 0 Å². The molecule has 3 unspecified atom stereocenters. The molecule has 1 aliphatic heterocycles. The third-order valence-electron chi connectivity index (χ3n) is 2.95. The van der Waals surface area contributed by atoms with Crippen molar-refractivity contribution in [2.45, 2.75) is 44.9 Å². The standard InChI is InChI=1S/C10H22N2O/c1-8-6-10(11)4-5-12(8)7-9(2)13-3/h8-10H,4-7,11H2,1-3H3. The molecule has 1 fully saturated rings. The van der Waals surface area contributed by atoms with E-state index in [4.69, 9.17) is 10.5 Å². The average Bonchev–Trinajstić information content (AvgIpc) is 2.09. The second kappa shape index (κ2) is 4.94. The van der Waals surface area contributed by atoms with Gasteiger partial charge in [-0.1, -0.05) is 0 Å². The Hall–Kier alpha value is -0.120. The maximum Gasteiger partial charge on any atom is 0.0670 e. The highest BCUT2D eigenvalue weighted by molar-refractivity contribution is 4.81. The summed E-state index contributed by atoms with van der Waals surface area (Å²) in [6.07, 6.45) is 2.58. The van der Waals surface area contributed by atoms with Gasteiger partial charge in [0.1, 0.15) is 0 Å². The lowest BCUT2D eigenvalue weighted by Gasteiger charge is -2.37. The molecule has 78 valence electrons. The van der Waals surface area contributed by atoms with Crippen LogP contribution in [-0.4, -0.2) is 43.3 Å². The Morgan fingerprint density at radius 2 is 2.31 bits per heavy atom. The van der Waals surface area contributed by atoms with Crippen molar-refractivity contribution in [3.8, 4) is 0 Å². The van der Waals surface area contributed by atoms with Gasteiger partial charge in [-0.15, -0.1) is 0 Å². The van der Waals surface area contributed by atoms with Crippen LogP contribution in [0.5, 0.6) is 0 Å². The smallest absolute Gasteiger partial charge is 0.0670 e. The van der Waals surface area contributed by atoms with Crippen LogP contribution < -0.4 is 5.73 Å². The van der Waals surface area contributed by atoms with Gasteiger partial charge in [0.25, 0.3) is 0 Å². The maximum atomic E-state index is 5.89. The summed E-state index contributed by atoms with van der Waals surface area (Å²) in [4.78, 5) is 2.47. The molecule has 0 aliphatic carbocycles. The lowest BCUT2D eigenvalue weighted by atomic mass is 9.99. The van der Waals surface area contributed by atoms with Crippen LogP contribution in [0, 0.1) is 0 Å². The fraction of sp³-hybridized carbons (Fsp3) is 1.00. The first-order valence-corrected chi connectivity index (χ1v) is 5.16. The zero-order chi connectivity index (χ0) is 9.84. The van der Waals surface area contributed by atoms with Crippen molar-refractivity contribution in [2.75, 3.05) is 20.2 Å². The van der Waals surface area contributed by atoms with Gasteiger partial charge in [0.2, 0.25) is 0 Å². The van der Waals surface area contributed by atoms with Crippen LogP contribution in [0.25, 0.3) is 0 Å². The molecule has 0 aromatic carbocycles. The highest BCUT2D eigenvalue weighted by Gasteiger charge is 2.23. The number of ether oxygens (including phenoxy) is 1. The van der Waals surface area contributed by atoms with Gasteiger partial charge < -0.3 is 10.5 Å². The van der Waals surface area contributed by atoms with E-state index in [2.05, 4.69) is 18.7 Å². The van der Waals surface area contributed by atoms with Crippen molar-refractivity contribution in [1.29, 1.82) is 0 Å². The van der Waals surface area contributed by atoms with E-state index in [0.29, 0.717) is 18.2 Å². The fourth-order valence-electron chi connectivity index (χ4n) is 1.93. The Bertz CT molecular complexity index is 152. The van der Waals surface area contributed by atoms with Crippen LogP contribution in [0.15, 0.2) is 0 Å². The molecule has 1 saturated heterocycles. The van der Waals surface area contributed by atoms with Crippen LogP contribution in [0.3, 0.4) is 0 Å². The maximum absolute atomic E-state index is 5.89. The summed E-state index contributed by atoms with van der Waals surface area (Å²) in [6, 6.07) is 1.02. The van der Waals surface area contributed by atoms with Crippen LogP contribution in [0.4, 0.5) is 0 Å². The van der Waals surface area contributed by atoms with E-state index in [1.54, 1.807) is 7.11 Å². The molecule has 0 spiro atoms. The molecule has 0 aromatic rings. The normalized spacial score (nSPS) is 33.2. The number of hydrogen-bond acceptors (Lipinski definition) is 3. The minimum atomic E-state index is 0.330. The Labute approximate surface area is 81.2 Å². The van der Waals surface area contributed by atoms with Gasteiger partial charge in [-0.3, -0.25) is 4.90 Å². The molecule has 3 atom stereocenters. The van der Waals surface area contributed by atoms with Crippen LogP contribution >= 0.6 is 0 Å². The fourth-order valence-corrected chi connectivity index (χ4v) is 1.93. The molecule has 3 nitrogen and oxygen atoms in total. The topological polar surface area (TPSA) is 38.5 Å². The summed E-state index contributed by atoms with van der Waals surface area (Å²) in [5.41, 5.74) is 5.89. The quantitative estimate of drug-likeness (QED) is 0.709. The van der Waals surface area contributed by atoms with E-state index in [1.165, 1.54) is 0 Å². The molecule has 13 heavy (non-hydrogen) atoms. The van der Waals surface area contributed by atoms with E-state index in [0.717, 1.165) is 25.9 Å². The first-order chi connectivity index (χ1) is 6.13. The SMILES string of the molecule is COC(C)CN1CCC(N)CC1C. The van der Waals surface area contributed by atoms with Crippen LogP contribution in [-0.2, 0) is 4.74 Å². The van der Waals surface area contributed by atoms with E-state index in [1.807, 2.05) is 0 Å². The molecule has 1 rings (SSSR count). The molecule has 0 aromatic heterocycles.